The summed E-state index contributed by atoms with van der Waals surface area (Å²) in [6, 6.07) is 0. The first-order chi connectivity index (χ1) is 6.73. The Morgan fingerprint density at radius 2 is 2.21 bits per heavy atom. The molecule has 2 fully saturated rings. The Morgan fingerprint density at radius 3 is 2.86 bits per heavy atom. The minimum Gasteiger partial charge on any atom is -0.373 e. The van der Waals surface area contributed by atoms with Gasteiger partial charge in [-0.05, 0) is 39.3 Å². The number of likely N-dealkylation sites (N-methyl/N-ethyl adjacent to an activating group) is 1. The van der Waals surface area contributed by atoms with Gasteiger partial charge in [0.25, 0.3) is 0 Å². The molecule has 3 unspecified atom stereocenters. The van der Waals surface area contributed by atoms with Gasteiger partial charge in [-0.25, -0.2) is 0 Å². The fourth-order valence-electron chi connectivity index (χ4n) is 3.03. The first-order valence-electron chi connectivity index (χ1n) is 5.79. The van der Waals surface area contributed by atoms with Crippen LogP contribution in [0.15, 0.2) is 0 Å². The molecule has 2 saturated heterocycles. The van der Waals surface area contributed by atoms with Crippen LogP contribution in [0.3, 0.4) is 0 Å². The second kappa shape index (κ2) is 3.80. The summed E-state index contributed by atoms with van der Waals surface area (Å²) in [6.45, 7) is 3.98. The molecule has 3 nitrogen and oxygen atoms in total. The zero-order chi connectivity index (χ0) is 10.2. The molecule has 3 heteroatoms. The number of hydrogen-bond donors (Lipinski definition) is 1. The Kier molecular flexibility index (Phi) is 2.82. The molecule has 14 heavy (non-hydrogen) atoms. The van der Waals surface area contributed by atoms with Gasteiger partial charge < -0.3 is 10.5 Å². The van der Waals surface area contributed by atoms with Gasteiger partial charge in [-0.1, -0.05) is 6.92 Å². The molecule has 2 N–H and O–H groups in total. The third-order valence-electron chi connectivity index (χ3n) is 4.19. The molecule has 0 aliphatic carbocycles. The maximum Gasteiger partial charge on any atom is 0.0775 e. The lowest BCUT2D eigenvalue weighted by Gasteiger charge is -2.47. The van der Waals surface area contributed by atoms with Gasteiger partial charge in [0.2, 0.25) is 0 Å². The van der Waals surface area contributed by atoms with E-state index in [1.165, 1.54) is 25.7 Å². The van der Waals surface area contributed by atoms with E-state index < -0.39 is 0 Å². The summed E-state index contributed by atoms with van der Waals surface area (Å²) in [5.41, 5.74) is 6.10. The first kappa shape index (κ1) is 10.4. The molecule has 2 aliphatic heterocycles. The zero-order valence-electron chi connectivity index (χ0n) is 9.33. The van der Waals surface area contributed by atoms with E-state index >= 15 is 0 Å². The van der Waals surface area contributed by atoms with Crippen molar-refractivity contribution in [3.8, 4) is 0 Å². The van der Waals surface area contributed by atoms with E-state index in [0.29, 0.717) is 12.2 Å². The maximum atomic E-state index is 6.01. The van der Waals surface area contributed by atoms with Crippen molar-refractivity contribution in [1.29, 1.82) is 0 Å². The van der Waals surface area contributed by atoms with E-state index in [1.54, 1.807) is 0 Å². The summed E-state index contributed by atoms with van der Waals surface area (Å²) in [7, 11) is 2.18. The van der Waals surface area contributed by atoms with Crippen LogP contribution in [-0.4, -0.2) is 42.8 Å². The van der Waals surface area contributed by atoms with Gasteiger partial charge in [-0.15, -0.1) is 0 Å². The molecule has 82 valence electrons. The van der Waals surface area contributed by atoms with Crippen molar-refractivity contribution in [1.82, 2.24) is 4.90 Å². The van der Waals surface area contributed by atoms with Crippen molar-refractivity contribution in [3.63, 3.8) is 0 Å². The highest BCUT2D eigenvalue weighted by Gasteiger charge is 2.49. The Labute approximate surface area is 86.6 Å². The van der Waals surface area contributed by atoms with Gasteiger partial charge in [0, 0.05) is 6.54 Å². The number of fused-ring (bicyclic) bond motifs is 2. The molecule has 0 spiro atoms. The quantitative estimate of drug-likeness (QED) is 0.734. The third-order valence-corrected chi connectivity index (χ3v) is 4.19. The van der Waals surface area contributed by atoms with Gasteiger partial charge in [0.05, 0.1) is 17.7 Å². The standard InChI is InChI=1S/C11H22N2O/c1-3-13(2)11(8-12)7-6-9-4-5-10(11)14-9/h9-10H,3-8,12H2,1-2H3. The zero-order valence-corrected chi connectivity index (χ0v) is 9.33. The Morgan fingerprint density at radius 1 is 1.43 bits per heavy atom. The fourth-order valence-corrected chi connectivity index (χ4v) is 3.03. The Hall–Kier alpha value is -0.120. The number of rotatable bonds is 3. The van der Waals surface area contributed by atoms with Crippen molar-refractivity contribution in [3.05, 3.63) is 0 Å². The third kappa shape index (κ3) is 1.38. The van der Waals surface area contributed by atoms with Crippen LogP contribution in [0, 0.1) is 0 Å². The van der Waals surface area contributed by atoms with E-state index in [-0.39, 0.29) is 5.54 Å². The van der Waals surface area contributed by atoms with Crippen LogP contribution in [0.2, 0.25) is 0 Å². The minimum atomic E-state index is 0.127. The molecule has 2 rings (SSSR count). The summed E-state index contributed by atoms with van der Waals surface area (Å²) in [5, 5.41) is 0. The van der Waals surface area contributed by atoms with E-state index in [1.807, 2.05) is 0 Å². The van der Waals surface area contributed by atoms with Crippen LogP contribution in [0.1, 0.15) is 32.6 Å². The predicted molar refractivity (Wildman–Crippen MR) is 57.2 cm³/mol. The van der Waals surface area contributed by atoms with Crippen molar-refractivity contribution in [2.75, 3.05) is 20.1 Å². The topological polar surface area (TPSA) is 38.5 Å². The summed E-state index contributed by atoms with van der Waals surface area (Å²) in [5.74, 6) is 0. The van der Waals surface area contributed by atoms with Crippen LogP contribution < -0.4 is 5.73 Å². The van der Waals surface area contributed by atoms with E-state index in [2.05, 4.69) is 18.9 Å². The van der Waals surface area contributed by atoms with Gasteiger partial charge in [-0.2, -0.15) is 0 Å². The number of nitrogens with two attached hydrogens (primary N) is 1. The minimum absolute atomic E-state index is 0.127. The van der Waals surface area contributed by atoms with Crippen molar-refractivity contribution in [2.45, 2.75) is 50.4 Å². The molecule has 0 amide bonds. The summed E-state index contributed by atoms with van der Waals surface area (Å²) < 4.78 is 6.01. The molecule has 0 radical (unpaired) electrons. The predicted octanol–water partition coefficient (Wildman–Crippen LogP) is 0.977. The molecular formula is C11H22N2O. The molecule has 3 atom stereocenters. The van der Waals surface area contributed by atoms with Crippen LogP contribution in [0.5, 0.6) is 0 Å². The Balaban J connectivity index is 2.17. The lowest BCUT2D eigenvalue weighted by Crippen LogP contribution is -2.61. The average molecular weight is 198 g/mol. The SMILES string of the molecule is CCN(C)C1(CN)CCC2CCC1O2. The van der Waals surface area contributed by atoms with Crippen molar-refractivity contribution >= 4 is 0 Å². The number of hydrogen-bond acceptors (Lipinski definition) is 3. The normalized spacial score (nSPS) is 42.0. The fraction of sp³-hybridized carbons (Fsp3) is 1.00. The van der Waals surface area contributed by atoms with Crippen molar-refractivity contribution < 1.29 is 4.74 Å². The summed E-state index contributed by atoms with van der Waals surface area (Å²) in [4.78, 5) is 2.39. The summed E-state index contributed by atoms with van der Waals surface area (Å²) in [6.07, 6.45) is 5.76. The Bertz CT molecular complexity index is 209. The molecule has 2 bridgehead atoms. The lowest BCUT2D eigenvalue weighted by molar-refractivity contribution is -0.0982. The molecule has 2 heterocycles. The first-order valence-corrected chi connectivity index (χ1v) is 5.79. The van der Waals surface area contributed by atoms with Gasteiger partial charge in [-0.3, -0.25) is 4.90 Å². The molecule has 0 aromatic carbocycles. The number of ether oxygens (including phenoxy) is 1. The second-order valence-electron chi connectivity index (χ2n) is 4.68. The van der Waals surface area contributed by atoms with E-state index in [4.69, 9.17) is 10.5 Å². The van der Waals surface area contributed by atoms with E-state index in [0.717, 1.165) is 13.1 Å². The second-order valence-corrected chi connectivity index (χ2v) is 4.68. The van der Waals surface area contributed by atoms with Crippen LogP contribution >= 0.6 is 0 Å². The highest BCUT2D eigenvalue weighted by atomic mass is 16.5. The van der Waals surface area contributed by atoms with Gasteiger partial charge in [0.1, 0.15) is 0 Å². The highest BCUT2D eigenvalue weighted by molar-refractivity contribution is 5.04. The van der Waals surface area contributed by atoms with Crippen LogP contribution in [0.25, 0.3) is 0 Å². The molecule has 0 aromatic rings. The van der Waals surface area contributed by atoms with Gasteiger partial charge in [0.15, 0.2) is 0 Å². The monoisotopic (exact) mass is 198 g/mol. The highest BCUT2D eigenvalue weighted by Crippen LogP contribution is 2.41. The average Bonchev–Trinajstić information content (AvgIpc) is 2.63. The van der Waals surface area contributed by atoms with Crippen molar-refractivity contribution in [2.24, 2.45) is 5.73 Å². The smallest absolute Gasteiger partial charge is 0.0775 e. The lowest BCUT2D eigenvalue weighted by atomic mass is 9.84. The largest absolute Gasteiger partial charge is 0.373 e. The van der Waals surface area contributed by atoms with E-state index in [9.17, 15) is 0 Å². The molecular weight excluding hydrogens is 176 g/mol. The molecule has 0 saturated carbocycles. The van der Waals surface area contributed by atoms with Crippen LogP contribution in [-0.2, 0) is 4.74 Å². The van der Waals surface area contributed by atoms with Crippen LogP contribution in [0.4, 0.5) is 0 Å². The molecule has 2 aliphatic rings. The number of nitrogens with zero attached hydrogens (tertiary/aromatic N) is 1. The summed E-state index contributed by atoms with van der Waals surface area (Å²) >= 11 is 0. The van der Waals surface area contributed by atoms with Gasteiger partial charge >= 0.3 is 0 Å². The molecule has 0 aromatic heterocycles. The maximum absolute atomic E-state index is 6.01.